The molecule has 1 rings (SSSR count). The average Bonchev–Trinajstić information content (AvgIpc) is 2.17. The molecule has 2 nitrogen and oxygen atoms in total. The lowest BCUT2D eigenvalue weighted by atomic mass is 9.79. The molecule has 0 aromatic heterocycles. The fourth-order valence-electron chi connectivity index (χ4n) is 1.46. The summed E-state index contributed by atoms with van der Waals surface area (Å²) in [6, 6.07) is 7.90. The Morgan fingerprint density at radius 3 is 2.50 bits per heavy atom. The minimum atomic E-state index is -0.527. The highest BCUT2D eigenvalue weighted by molar-refractivity contribution is 9.10. The smallest absolute Gasteiger partial charge is 0.0753 e. The summed E-state index contributed by atoms with van der Waals surface area (Å²) < 4.78 is 1.01. The Balaban J connectivity index is 3.09. The number of aliphatic hydroxyl groups excluding tert-OH is 1. The number of nitrogens with two attached hydrogens (primary N) is 1. The van der Waals surface area contributed by atoms with Crippen molar-refractivity contribution in [2.75, 3.05) is 6.54 Å². The van der Waals surface area contributed by atoms with E-state index in [9.17, 15) is 5.11 Å². The molecule has 0 radical (unpaired) electrons. The quantitative estimate of drug-likeness (QED) is 0.871. The van der Waals surface area contributed by atoms with Gasteiger partial charge in [0.15, 0.2) is 0 Å². The predicted molar refractivity (Wildman–Crippen MR) is 62.2 cm³/mol. The van der Waals surface area contributed by atoms with E-state index in [0.29, 0.717) is 0 Å². The van der Waals surface area contributed by atoms with Gasteiger partial charge in [0.05, 0.1) is 6.10 Å². The zero-order valence-electron chi connectivity index (χ0n) is 8.50. The molecule has 0 bridgehead atoms. The van der Waals surface area contributed by atoms with Crippen molar-refractivity contribution in [3.63, 3.8) is 0 Å². The normalized spacial score (nSPS) is 14.1. The maximum Gasteiger partial charge on any atom is 0.0753 e. The van der Waals surface area contributed by atoms with Gasteiger partial charge in [0.25, 0.3) is 0 Å². The van der Waals surface area contributed by atoms with Crippen molar-refractivity contribution in [1.82, 2.24) is 0 Å². The molecule has 0 amide bonds. The molecule has 1 unspecified atom stereocenters. The van der Waals surface area contributed by atoms with Crippen molar-refractivity contribution in [1.29, 1.82) is 0 Å². The van der Waals surface area contributed by atoms with E-state index >= 15 is 0 Å². The number of hydrogen-bond donors (Lipinski definition) is 2. The molecule has 0 aliphatic rings. The molecule has 78 valence electrons. The van der Waals surface area contributed by atoms with Gasteiger partial charge < -0.3 is 10.8 Å². The molecule has 3 heteroatoms. The van der Waals surface area contributed by atoms with Crippen LogP contribution in [0.2, 0.25) is 0 Å². The second kappa shape index (κ2) is 4.43. The van der Waals surface area contributed by atoms with Crippen LogP contribution in [0.25, 0.3) is 0 Å². The van der Waals surface area contributed by atoms with Gasteiger partial charge in [-0.05, 0) is 11.6 Å². The molecule has 0 heterocycles. The van der Waals surface area contributed by atoms with Gasteiger partial charge in [0, 0.05) is 16.4 Å². The highest BCUT2D eigenvalue weighted by atomic mass is 79.9. The van der Waals surface area contributed by atoms with Crippen LogP contribution in [0.4, 0.5) is 0 Å². The zero-order chi connectivity index (χ0) is 10.8. The third kappa shape index (κ3) is 2.16. The molecule has 0 aliphatic carbocycles. The Morgan fingerprint density at radius 2 is 2.00 bits per heavy atom. The van der Waals surface area contributed by atoms with Gasteiger partial charge in [-0.3, -0.25) is 0 Å². The molecule has 0 aliphatic heterocycles. The van der Waals surface area contributed by atoms with E-state index < -0.39 is 6.10 Å². The third-order valence-corrected chi connectivity index (χ3v) is 3.32. The standard InChI is InChI=1S/C11H16BrNO/c1-11(2,10(14)7-13)8-5-3-4-6-9(8)12/h3-6,10,14H,7,13H2,1-2H3. The summed E-state index contributed by atoms with van der Waals surface area (Å²) in [5.41, 5.74) is 6.24. The van der Waals surface area contributed by atoms with Crippen LogP contribution in [0.1, 0.15) is 19.4 Å². The summed E-state index contributed by atoms with van der Waals surface area (Å²) >= 11 is 3.48. The van der Waals surface area contributed by atoms with E-state index in [-0.39, 0.29) is 12.0 Å². The molecule has 14 heavy (non-hydrogen) atoms. The maximum atomic E-state index is 9.82. The summed E-state index contributed by atoms with van der Waals surface area (Å²) in [5.74, 6) is 0. The molecule has 0 saturated heterocycles. The Morgan fingerprint density at radius 1 is 1.43 bits per heavy atom. The fourth-order valence-corrected chi connectivity index (χ4v) is 2.25. The third-order valence-electron chi connectivity index (χ3n) is 2.62. The van der Waals surface area contributed by atoms with Gasteiger partial charge in [-0.15, -0.1) is 0 Å². The first-order chi connectivity index (χ1) is 6.50. The Hall–Kier alpha value is -0.380. The summed E-state index contributed by atoms with van der Waals surface area (Å²) in [6.07, 6.45) is -0.527. The van der Waals surface area contributed by atoms with Gasteiger partial charge in [-0.2, -0.15) is 0 Å². The average molecular weight is 258 g/mol. The molecule has 1 aromatic rings. The minimum absolute atomic E-state index is 0.272. The topological polar surface area (TPSA) is 46.2 Å². The number of hydrogen-bond acceptors (Lipinski definition) is 2. The van der Waals surface area contributed by atoms with E-state index in [4.69, 9.17) is 5.73 Å². The summed E-state index contributed by atoms with van der Waals surface area (Å²) in [6.45, 7) is 4.25. The first-order valence-electron chi connectivity index (χ1n) is 4.63. The lowest BCUT2D eigenvalue weighted by molar-refractivity contribution is 0.107. The van der Waals surface area contributed by atoms with Crippen LogP contribution in [-0.2, 0) is 5.41 Å². The highest BCUT2D eigenvalue weighted by Crippen LogP contribution is 2.32. The molecular weight excluding hydrogens is 242 g/mol. The van der Waals surface area contributed by atoms with Crippen molar-refractivity contribution in [3.05, 3.63) is 34.3 Å². The van der Waals surface area contributed by atoms with Crippen LogP contribution in [0.15, 0.2) is 28.7 Å². The number of rotatable bonds is 3. The SMILES string of the molecule is CC(C)(c1ccccc1Br)C(O)CN. The van der Waals surface area contributed by atoms with Gasteiger partial charge in [-0.1, -0.05) is 48.0 Å². The second-order valence-corrected chi connectivity index (χ2v) is 4.81. The maximum absolute atomic E-state index is 9.82. The van der Waals surface area contributed by atoms with Crippen molar-refractivity contribution < 1.29 is 5.11 Å². The summed E-state index contributed by atoms with van der Waals surface area (Å²) in [4.78, 5) is 0. The molecule has 0 spiro atoms. The highest BCUT2D eigenvalue weighted by Gasteiger charge is 2.30. The van der Waals surface area contributed by atoms with Crippen molar-refractivity contribution in [2.24, 2.45) is 5.73 Å². The molecule has 1 aromatic carbocycles. The molecular formula is C11H16BrNO. The monoisotopic (exact) mass is 257 g/mol. The Labute approximate surface area is 93.3 Å². The fraction of sp³-hybridized carbons (Fsp3) is 0.455. The summed E-state index contributed by atoms with van der Waals surface area (Å²) in [5, 5.41) is 9.82. The summed E-state index contributed by atoms with van der Waals surface area (Å²) in [7, 11) is 0. The molecule has 0 saturated carbocycles. The van der Waals surface area contributed by atoms with Crippen molar-refractivity contribution in [3.8, 4) is 0 Å². The van der Waals surface area contributed by atoms with E-state index in [1.165, 1.54) is 0 Å². The number of halogens is 1. The van der Waals surface area contributed by atoms with E-state index in [0.717, 1.165) is 10.0 Å². The number of benzene rings is 1. The lowest BCUT2D eigenvalue weighted by Gasteiger charge is -2.31. The predicted octanol–water partition coefficient (Wildman–Crippen LogP) is 2.05. The van der Waals surface area contributed by atoms with Crippen LogP contribution in [-0.4, -0.2) is 17.8 Å². The minimum Gasteiger partial charge on any atom is -0.391 e. The van der Waals surface area contributed by atoms with Gasteiger partial charge in [-0.25, -0.2) is 0 Å². The van der Waals surface area contributed by atoms with Crippen molar-refractivity contribution >= 4 is 15.9 Å². The largest absolute Gasteiger partial charge is 0.391 e. The van der Waals surface area contributed by atoms with Crippen LogP contribution in [0.5, 0.6) is 0 Å². The second-order valence-electron chi connectivity index (χ2n) is 3.95. The first-order valence-corrected chi connectivity index (χ1v) is 5.42. The van der Waals surface area contributed by atoms with Crippen LogP contribution in [0, 0.1) is 0 Å². The first kappa shape index (κ1) is 11.7. The van der Waals surface area contributed by atoms with Gasteiger partial charge >= 0.3 is 0 Å². The van der Waals surface area contributed by atoms with Crippen LogP contribution in [0.3, 0.4) is 0 Å². The van der Waals surface area contributed by atoms with E-state index in [2.05, 4.69) is 15.9 Å². The zero-order valence-corrected chi connectivity index (χ0v) is 10.1. The number of aliphatic hydroxyl groups is 1. The molecule has 0 fully saturated rings. The Bertz CT molecular complexity index is 312. The molecule has 3 N–H and O–H groups in total. The van der Waals surface area contributed by atoms with Gasteiger partial charge in [0.1, 0.15) is 0 Å². The van der Waals surface area contributed by atoms with E-state index in [1.54, 1.807) is 0 Å². The van der Waals surface area contributed by atoms with E-state index in [1.807, 2.05) is 38.1 Å². The van der Waals surface area contributed by atoms with Crippen molar-refractivity contribution in [2.45, 2.75) is 25.4 Å². The Kier molecular flexibility index (Phi) is 3.70. The van der Waals surface area contributed by atoms with Gasteiger partial charge in [0.2, 0.25) is 0 Å². The van der Waals surface area contributed by atoms with Crippen LogP contribution >= 0.6 is 15.9 Å². The molecule has 1 atom stereocenters. The lowest BCUT2D eigenvalue weighted by Crippen LogP contribution is -2.39. The van der Waals surface area contributed by atoms with Crippen LogP contribution < -0.4 is 5.73 Å².